The molecule has 1 saturated carbocycles. The molecular weight excluding hydrogens is 421 g/mol. The largest absolute Gasteiger partial charge is 0.501 e. The van der Waals surface area contributed by atoms with E-state index in [4.69, 9.17) is 0 Å². The fraction of sp³-hybridized carbons (Fsp3) is 0.346. The lowest BCUT2D eigenvalue weighted by Crippen LogP contribution is -2.43. The SMILES string of the molecule is O=C1c2c(O)c(=O)nc(C(c3ccccc3)C3CCCC3)n2CCN1Cc1ccc(F)cc1. The lowest BCUT2D eigenvalue weighted by molar-refractivity contribution is 0.0678. The first-order chi connectivity index (χ1) is 16.0. The van der Waals surface area contributed by atoms with Gasteiger partial charge in [0.05, 0.1) is 0 Å². The molecule has 0 spiro atoms. The van der Waals surface area contributed by atoms with Gasteiger partial charge in [-0.3, -0.25) is 9.59 Å². The lowest BCUT2D eigenvalue weighted by atomic mass is 9.83. The van der Waals surface area contributed by atoms with Gasteiger partial charge in [-0.1, -0.05) is 55.3 Å². The smallest absolute Gasteiger partial charge is 0.315 e. The summed E-state index contributed by atoms with van der Waals surface area (Å²) in [5, 5.41) is 10.6. The van der Waals surface area contributed by atoms with Crippen molar-refractivity contribution in [2.75, 3.05) is 6.54 Å². The molecule has 1 aliphatic heterocycles. The monoisotopic (exact) mass is 447 g/mol. The fourth-order valence-corrected chi connectivity index (χ4v) is 5.26. The van der Waals surface area contributed by atoms with Gasteiger partial charge in [-0.2, -0.15) is 4.98 Å². The van der Waals surface area contributed by atoms with Crippen LogP contribution in [0.4, 0.5) is 4.39 Å². The summed E-state index contributed by atoms with van der Waals surface area (Å²) in [5.74, 6) is -0.591. The Balaban J connectivity index is 1.57. The molecule has 1 amide bonds. The van der Waals surface area contributed by atoms with E-state index in [1.807, 2.05) is 30.3 Å². The molecule has 1 aliphatic carbocycles. The highest BCUT2D eigenvalue weighted by atomic mass is 19.1. The van der Waals surface area contributed by atoms with Gasteiger partial charge in [-0.15, -0.1) is 0 Å². The van der Waals surface area contributed by atoms with Crippen LogP contribution in [0.2, 0.25) is 0 Å². The van der Waals surface area contributed by atoms with Gasteiger partial charge in [0.2, 0.25) is 5.75 Å². The van der Waals surface area contributed by atoms with E-state index in [1.165, 1.54) is 12.1 Å². The fourth-order valence-electron chi connectivity index (χ4n) is 5.26. The van der Waals surface area contributed by atoms with Crippen LogP contribution in [-0.4, -0.2) is 32.0 Å². The zero-order chi connectivity index (χ0) is 22.9. The predicted molar refractivity (Wildman–Crippen MR) is 122 cm³/mol. The number of nitrogens with zero attached hydrogens (tertiary/aromatic N) is 3. The van der Waals surface area contributed by atoms with Gasteiger partial charge in [0.25, 0.3) is 5.91 Å². The summed E-state index contributed by atoms with van der Waals surface area (Å²) in [6.45, 7) is 1.11. The van der Waals surface area contributed by atoms with Crippen molar-refractivity contribution >= 4 is 5.91 Å². The van der Waals surface area contributed by atoms with E-state index >= 15 is 0 Å². The minimum absolute atomic E-state index is 0.00251. The second-order valence-electron chi connectivity index (χ2n) is 8.91. The summed E-state index contributed by atoms with van der Waals surface area (Å²) in [4.78, 5) is 32.0. The summed E-state index contributed by atoms with van der Waals surface area (Å²) in [5.41, 5.74) is 1.07. The average molecular weight is 448 g/mol. The van der Waals surface area contributed by atoms with Crippen LogP contribution in [0.25, 0.3) is 0 Å². The first-order valence-electron chi connectivity index (χ1n) is 11.5. The summed E-state index contributed by atoms with van der Waals surface area (Å²) < 4.78 is 15.0. The summed E-state index contributed by atoms with van der Waals surface area (Å²) in [6, 6.07) is 16.0. The number of benzene rings is 2. The van der Waals surface area contributed by atoms with E-state index in [9.17, 15) is 19.1 Å². The minimum atomic E-state index is -0.771. The highest BCUT2D eigenvalue weighted by molar-refractivity contribution is 5.95. The summed E-state index contributed by atoms with van der Waals surface area (Å²) >= 11 is 0. The maximum absolute atomic E-state index is 13.4. The summed E-state index contributed by atoms with van der Waals surface area (Å²) in [7, 11) is 0. The highest BCUT2D eigenvalue weighted by Crippen LogP contribution is 2.41. The Kier molecular flexibility index (Phi) is 5.70. The summed E-state index contributed by atoms with van der Waals surface area (Å²) in [6.07, 6.45) is 4.34. The second kappa shape index (κ2) is 8.81. The molecule has 1 aromatic heterocycles. The van der Waals surface area contributed by atoms with Crippen LogP contribution < -0.4 is 5.56 Å². The standard InChI is InChI=1S/C26H26FN3O3/c27-20-12-10-17(11-13-20)16-29-14-15-30-22(26(29)33)23(31)25(32)28-24(30)21(19-8-4-5-9-19)18-6-2-1-3-7-18/h1-3,6-7,10-13,19,21,31H,4-5,8-9,14-16H2. The molecule has 0 radical (unpaired) electrons. The second-order valence-corrected chi connectivity index (χ2v) is 8.91. The third-order valence-electron chi connectivity index (χ3n) is 6.87. The van der Waals surface area contributed by atoms with Gasteiger partial charge >= 0.3 is 5.56 Å². The van der Waals surface area contributed by atoms with Gasteiger partial charge < -0.3 is 14.6 Å². The number of fused-ring (bicyclic) bond motifs is 1. The van der Waals surface area contributed by atoms with Crippen molar-refractivity contribution in [1.82, 2.24) is 14.5 Å². The van der Waals surface area contributed by atoms with Crippen LogP contribution >= 0.6 is 0 Å². The van der Waals surface area contributed by atoms with Gasteiger partial charge in [0, 0.05) is 25.6 Å². The molecule has 0 saturated heterocycles. The highest BCUT2D eigenvalue weighted by Gasteiger charge is 2.36. The first kappa shape index (κ1) is 21.4. The van der Waals surface area contributed by atoms with Crippen molar-refractivity contribution in [1.29, 1.82) is 0 Å². The van der Waals surface area contributed by atoms with Gasteiger partial charge in [0.15, 0.2) is 5.69 Å². The number of hydrogen-bond donors (Lipinski definition) is 1. The Hall–Kier alpha value is -3.48. The molecule has 5 rings (SSSR count). The zero-order valence-electron chi connectivity index (χ0n) is 18.3. The topological polar surface area (TPSA) is 75.4 Å². The Labute approximate surface area is 191 Å². The quantitative estimate of drug-likeness (QED) is 0.640. The molecule has 1 fully saturated rings. The number of halogens is 1. The minimum Gasteiger partial charge on any atom is -0.501 e. The Bertz CT molecular complexity index is 1220. The van der Waals surface area contributed by atoms with E-state index in [2.05, 4.69) is 4.98 Å². The predicted octanol–water partition coefficient (Wildman–Crippen LogP) is 4.07. The Morgan fingerprint density at radius 3 is 2.39 bits per heavy atom. The van der Waals surface area contributed by atoms with E-state index in [0.717, 1.165) is 36.8 Å². The number of hydrogen-bond acceptors (Lipinski definition) is 4. The number of aromatic nitrogens is 2. The molecule has 6 nitrogen and oxygen atoms in total. The number of carbonyl (C=O) groups excluding carboxylic acids is 1. The van der Waals surface area contributed by atoms with Crippen LogP contribution in [0.5, 0.6) is 5.75 Å². The zero-order valence-corrected chi connectivity index (χ0v) is 18.3. The number of carbonyl (C=O) groups is 1. The van der Waals surface area contributed by atoms with Crippen molar-refractivity contribution in [3.63, 3.8) is 0 Å². The van der Waals surface area contributed by atoms with Crippen molar-refractivity contribution in [2.24, 2.45) is 5.92 Å². The molecule has 2 aromatic carbocycles. The number of rotatable bonds is 5. The molecule has 1 N–H and O–H groups in total. The van der Waals surface area contributed by atoms with E-state index in [1.54, 1.807) is 21.6 Å². The van der Waals surface area contributed by atoms with Gasteiger partial charge in [-0.05, 0) is 42.0 Å². The number of amides is 1. The van der Waals surface area contributed by atoms with Crippen molar-refractivity contribution < 1.29 is 14.3 Å². The van der Waals surface area contributed by atoms with Crippen LogP contribution in [0.1, 0.15) is 59.0 Å². The van der Waals surface area contributed by atoms with Crippen molar-refractivity contribution in [3.8, 4) is 5.75 Å². The molecule has 3 aromatic rings. The number of aromatic hydroxyl groups is 1. The van der Waals surface area contributed by atoms with Gasteiger partial charge in [-0.25, -0.2) is 4.39 Å². The van der Waals surface area contributed by atoms with E-state index in [0.29, 0.717) is 24.8 Å². The van der Waals surface area contributed by atoms with Crippen LogP contribution in [0.15, 0.2) is 59.4 Å². The molecule has 7 heteroatoms. The maximum Gasteiger partial charge on any atom is 0.315 e. The average Bonchev–Trinajstić information content (AvgIpc) is 3.35. The van der Waals surface area contributed by atoms with Crippen LogP contribution in [-0.2, 0) is 13.1 Å². The van der Waals surface area contributed by atoms with E-state index < -0.39 is 17.2 Å². The van der Waals surface area contributed by atoms with Crippen molar-refractivity contribution in [2.45, 2.75) is 44.7 Å². The maximum atomic E-state index is 13.4. The first-order valence-corrected chi connectivity index (χ1v) is 11.5. The van der Waals surface area contributed by atoms with Crippen molar-refractivity contribution in [3.05, 3.63) is 93.4 Å². The normalized spacial score (nSPS) is 17.2. The van der Waals surface area contributed by atoms with Crippen LogP contribution in [0.3, 0.4) is 0 Å². The third kappa shape index (κ3) is 4.03. The van der Waals surface area contributed by atoms with Crippen LogP contribution in [0, 0.1) is 11.7 Å². The molecular formula is C26H26FN3O3. The Morgan fingerprint density at radius 1 is 1.00 bits per heavy atom. The molecule has 1 unspecified atom stereocenters. The molecule has 1 atom stereocenters. The third-order valence-corrected chi connectivity index (χ3v) is 6.87. The molecule has 33 heavy (non-hydrogen) atoms. The Morgan fingerprint density at radius 2 is 1.70 bits per heavy atom. The molecule has 2 aliphatic rings. The molecule has 0 bridgehead atoms. The molecule has 170 valence electrons. The van der Waals surface area contributed by atoms with Gasteiger partial charge in [0.1, 0.15) is 11.6 Å². The van der Waals surface area contributed by atoms with E-state index in [-0.39, 0.29) is 24.0 Å². The molecule has 2 heterocycles. The lowest BCUT2D eigenvalue weighted by Gasteiger charge is -2.34.